The van der Waals surface area contributed by atoms with Crippen LogP contribution in [0.15, 0.2) is 30.3 Å². The van der Waals surface area contributed by atoms with Gasteiger partial charge < -0.3 is 9.64 Å². The van der Waals surface area contributed by atoms with Gasteiger partial charge in [0.2, 0.25) is 0 Å². The van der Waals surface area contributed by atoms with Crippen molar-refractivity contribution in [2.75, 3.05) is 13.1 Å². The van der Waals surface area contributed by atoms with Crippen LogP contribution in [0.5, 0.6) is 0 Å². The fourth-order valence-corrected chi connectivity index (χ4v) is 3.04. The molecule has 0 atom stereocenters. The molecule has 0 N–H and O–H groups in total. The maximum Gasteiger partial charge on any atom is 0.410 e. The van der Waals surface area contributed by atoms with E-state index in [4.69, 9.17) is 4.74 Å². The van der Waals surface area contributed by atoms with Gasteiger partial charge in [-0.3, -0.25) is 4.79 Å². The molecule has 1 heterocycles. The van der Waals surface area contributed by atoms with Gasteiger partial charge in [0.25, 0.3) is 0 Å². The zero-order valence-corrected chi connectivity index (χ0v) is 11.5. The number of carbonyl (C=O) groups excluding carboxylic acids is 2. The summed E-state index contributed by atoms with van der Waals surface area (Å²) < 4.78 is 5.32. The monoisotopic (exact) mass is 273 g/mol. The van der Waals surface area contributed by atoms with Crippen LogP contribution in [0.4, 0.5) is 4.79 Å². The van der Waals surface area contributed by atoms with Crippen LogP contribution in [0.1, 0.15) is 31.2 Å². The smallest absolute Gasteiger partial charge is 0.410 e. The number of hydrogen-bond acceptors (Lipinski definition) is 3. The number of likely N-dealkylation sites (tertiary alicyclic amines) is 1. The third-order valence-electron chi connectivity index (χ3n) is 4.61. The molecule has 2 fully saturated rings. The second-order valence-corrected chi connectivity index (χ2v) is 5.73. The van der Waals surface area contributed by atoms with Gasteiger partial charge in [0.05, 0.1) is 0 Å². The quantitative estimate of drug-likeness (QED) is 0.832. The molecule has 0 unspecified atom stereocenters. The molecule has 0 aromatic heterocycles. The molecule has 4 heteroatoms. The Kier molecular flexibility index (Phi) is 3.47. The molecule has 1 saturated carbocycles. The van der Waals surface area contributed by atoms with Gasteiger partial charge in [0, 0.05) is 24.9 Å². The number of nitrogens with zero attached hydrogens (tertiary/aromatic N) is 1. The summed E-state index contributed by atoms with van der Waals surface area (Å²) in [6.45, 7) is 1.58. The van der Waals surface area contributed by atoms with Crippen molar-refractivity contribution in [3.05, 3.63) is 35.9 Å². The lowest BCUT2D eigenvalue weighted by Gasteiger charge is -2.45. The van der Waals surface area contributed by atoms with Gasteiger partial charge in [-0.15, -0.1) is 0 Å². The first kappa shape index (κ1) is 13.2. The van der Waals surface area contributed by atoms with Crippen LogP contribution in [0.2, 0.25) is 0 Å². The normalized spacial score (nSPS) is 20.6. The highest BCUT2D eigenvalue weighted by Gasteiger charge is 2.47. The number of piperidine rings is 1. The number of carbonyl (C=O) groups is 2. The molecule has 1 aromatic rings. The summed E-state index contributed by atoms with van der Waals surface area (Å²) in [4.78, 5) is 25.4. The highest BCUT2D eigenvalue weighted by Crippen LogP contribution is 2.45. The lowest BCUT2D eigenvalue weighted by atomic mass is 9.62. The Morgan fingerprint density at radius 3 is 2.40 bits per heavy atom. The summed E-state index contributed by atoms with van der Waals surface area (Å²) in [6, 6.07) is 9.66. The predicted octanol–water partition coefficient (Wildman–Crippen LogP) is 2.77. The topological polar surface area (TPSA) is 46.6 Å². The van der Waals surface area contributed by atoms with E-state index in [1.165, 1.54) is 0 Å². The Morgan fingerprint density at radius 1 is 1.15 bits per heavy atom. The summed E-state index contributed by atoms with van der Waals surface area (Å²) in [5.74, 6) is 0.384. The molecule has 1 spiro atoms. The van der Waals surface area contributed by atoms with Crippen LogP contribution in [0, 0.1) is 5.41 Å². The van der Waals surface area contributed by atoms with E-state index in [9.17, 15) is 9.59 Å². The van der Waals surface area contributed by atoms with Crippen molar-refractivity contribution in [2.24, 2.45) is 5.41 Å². The van der Waals surface area contributed by atoms with Gasteiger partial charge in [0.1, 0.15) is 12.4 Å². The first-order chi connectivity index (χ1) is 9.70. The maximum atomic E-state index is 12.0. The zero-order valence-electron chi connectivity index (χ0n) is 11.5. The van der Waals surface area contributed by atoms with Crippen LogP contribution in [-0.2, 0) is 16.1 Å². The van der Waals surface area contributed by atoms with Gasteiger partial charge in [-0.2, -0.15) is 0 Å². The van der Waals surface area contributed by atoms with E-state index in [0.717, 1.165) is 31.2 Å². The molecule has 0 bridgehead atoms. The van der Waals surface area contributed by atoms with Crippen molar-refractivity contribution in [3.63, 3.8) is 0 Å². The molecule has 1 aliphatic heterocycles. The Bertz CT molecular complexity index is 504. The van der Waals surface area contributed by atoms with E-state index >= 15 is 0 Å². The average Bonchev–Trinajstić information content (AvgIpc) is 2.52. The lowest BCUT2D eigenvalue weighted by molar-refractivity contribution is -0.141. The van der Waals surface area contributed by atoms with Gasteiger partial charge in [-0.05, 0) is 24.8 Å². The summed E-state index contributed by atoms with van der Waals surface area (Å²) in [6.07, 6.45) is 3.05. The molecule has 1 aromatic carbocycles. The van der Waals surface area contributed by atoms with E-state index in [-0.39, 0.29) is 11.5 Å². The number of Topliss-reactive ketones (excluding diaryl/α,β-unsaturated/α-hetero) is 1. The Hall–Kier alpha value is -1.84. The van der Waals surface area contributed by atoms with Gasteiger partial charge in [-0.1, -0.05) is 30.3 Å². The number of ether oxygens (including phenoxy) is 1. The van der Waals surface area contributed by atoms with Crippen molar-refractivity contribution in [1.29, 1.82) is 0 Å². The number of benzene rings is 1. The first-order valence-corrected chi connectivity index (χ1v) is 7.19. The minimum Gasteiger partial charge on any atom is -0.445 e. The van der Waals surface area contributed by atoms with Crippen LogP contribution in [0.25, 0.3) is 0 Å². The molecule has 1 aliphatic carbocycles. The minimum atomic E-state index is -0.268. The summed E-state index contributed by atoms with van der Waals surface area (Å²) in [7, 11) is 0. The van der Waals surface area contributed by atoms with Crippen molar-refractivity contribution in [1.82, 2.24) is 4.90 Å². The molecular weight excluding hydrogens is 254 g/mol. The third kappa shape index (κ3) is 2.42. The van der Waals surface area contributed by atoms with Crippen LogP contribution < -0.4 is 0 Å². The number of hydrogen-bond donors (Lipinski definition) is 0. The summed E-state index contributed by atoms with van der Waals surface area (Å²) in [5, 5.41) is 0. The summed E-state index contributed by atoms with van der Waals surface area (Å²) in [5.41, 5.74) is 0.888. The van der Waals surface area contributed by atoms with Crippen molar-refractivity contribution in [3.8, 4) is 0 Å². The first-order valence-electron chi connectivity index (χ1n) is 7.19. The molecule has 0 radical (unpaired) electrons. The second kappa shape index (κ2) is 5.27. The second-order valence-electron chi connectivity index (χ2n) is 5.73. The fourth-order valence-electron chi connectivity index (χ4n) is 3.04. The van der Waals surface area contributed by atoms with E-state index in [0.29, 0.717) is 25.5 Å². The molecule has 2 aliphatic rings. The zero-order chi connectivity index (χ0) is 14.0. The van der Waals surface area contributed by atoms with Gasteiger partial charge in [-0.25, -0.2) is 4.79 Å². The Balaban J connectivity index is 1.48. The van der Waals surface area contributed by atoms with Gasteiger partial charge >= 0.3 is 6.09 Å². The van der Waals surface area contributed by atoms with Gasteiger partial charge in [0.15, 0.2) is 0 Å². The minimum absolute atomic E-state index is 0.101. The van der Waals surface area contributed by atoms with E-state index in [1.54, 1.807) is 4.90 Å². The van der Waals surface area contributed by atoms with E-state index < -0.39 is 0 Å². The molecule has 1 saturated heterocycles. The molecule has 106 valence electrons. The van der Waals surface area contributed by atoms with Crippen molar-refractivity contribution < 1.29 is 14.3 Å². The predicted molar refractivity (Wildman–Crippen MR) is 74.1 cm³/mol. The average molecular weight is 273 g/mol. The SMILES string of the molecule is O=C(OCc1ccccc1)N1CCC2(CCC2=O)CC1. The molecule has 1 amide bonds. The molecule has 20 heavy (non-hydrogen) atoms. The fraction of sp³-hybridized carbons (Fsp3) is 0.500. The number of rotatable bonds is 2. The highest BCUT2D eigenvalue weighted by atomic mass is 16.6. The number of ketones is 1. The van der Waals surface area contributed by atoms with Crippen LogP contribution >= 0.6 is 0 Å². The molecular formula is C16H19NO3. The number of amides is 1. The van der Waals surface area contributed by atoms with Crippen LogP contribution in [-0.4, -0.2) is 29.9 Å². The third-order valence-corrected chi connectivity index (χ3v) is 4.61. The van der Waals surface area contributed by atoms with E-state index in [2.05, 4.69) is 0 Å². The van der Waals surface area contributed by atoms with Crippen molar-refractivity contribution >= 4 is 11.9 Å². The lowest BCUT2D eigenvalue weighted by Crippen LogP contribution is -2.51. The largest absolute Gasteiger partial charge is 0.445 e. The standard InChI is InChI=1S/C16H19NO3/c18-14-6-7-16(14)8-10-17(11-9-16)15(19)20-12-13-4-2-1-3-5-13/h1-5H,6-12H2. The summed E-state index contributed by atoms with van der Waals surface area (Å²) >= 11 is 0. The molecule has 3 rings (SSSR count). The van der Waals surface area contributed by atoms with Crippen molar-refractivity contribution in [2.45, 2.75) is 32.3 Å². The Labute approximate surface area is 118 Å². The Morgan fingerprint density at radius 2 is 1.85 bits per heavy atom. The maximum absolute atomic E-state index is 12.0. The molecule has 4 nitrogen and oxygen atoms in total. The van der Waals surface area contributed by atoms with E-state index in [1.807, 2.05) is 30.3 Å². The highest BCUT2D eigenvalue weighted by molar-refractivity contribution is 5.90. The van der Waals surface area contributed by atoms with Crippen LogP contribution in [0.3, 0.4) is 0 Å².